The number of methoxy groups -OCH3 is 1. The van der Waals surface area contributed by atoms with Crippen molar-refractivity contribution in [3.63, 3.8) is 0 Å². The minimum Gasteiger partial charge on any atom is -0.496 e. The first-order valence-corrected chi connectivity index (χ1v) is 10.4. The van der Waals surface area contributed by atoms with Crippen LogP contribution in [0.5, 0.6) is 5.75 Å². The summed E-state index contributed by atoms with van der Waals surface area (Å²) in [6, 6.07) is 12.8. The van der Waals surface area contributed by atoms with Crippen LogP contribution in [0.3, 0.4) is 0 Å². The number of nitrogens with one attached hydrogen (secondary N) is 1. The van der Waals surface area contributed by atoms with E-state index in [-0.39, 0.29) is 6.61 Å². The zero-order valence-corrected chi connectivity index (χ0v) is 18.0. The average Bonchev–Trinajstić information content (AvgIpc) is 3.38. The van der Waals surface area contributed by atoms with Gasteiger partial charge >= 0.3 is 6.09 Å². The molecule has 1 N–H and O–H groups in total. The van der Waals surface area contributed by atoms with Crippen molar-refractivity contribution in [3.8, 4) is 17.0 Å². The van der Waals surface area contributed by atoms with Gasteiger partial charge in [0.2, 0.25) is 0 Å². The molecule has 0 radical (unpaired) electrons. The van der Waals surface area contributed by atoms with Gasteiger partial charge in [0, 0.05) is 22.8 Å². The molecular weight excluding hydrogens is 424 g/mol. The van der Waals surface area contributed by atoms with Crippen LogP contribution >= 0.6 is 23.1 Å². The molecule has 154 valence electrons. The fourth-order valence-electron chi connectivity index (χ4n) is 3.07. The highest BCUT2D eigenvalue weighted by Crippen LogP contribution is 2.33. The van der Waals surface area contributed by atoms with Crippen molar-refractivity contribution in [1.82, 2.24) is 13.9 Å². The van der Waals surface area contributed by atoms with Crippen LogP contribution < -0.4 is 10.1 Å². The number of benzene rings is 2. The summed E-state index contributed by atoms with van der Waals surface area (Å²) < 4.78 is 17.2. The number of nitrogens with zero attached hydrogens (tertiary/aromatic N) is 3. The average molecular weight is 443 g/mol. The molecule has 2 heterocycles. The lowest BCUT2D eigenvalue weighted by Crippen LogP contribution is -2.13. The van der Waals surface area contributed by atoms with Gasteiger partial charge in [-0.05, 0) is 60.9 Å². The van der Waals surface area contributed by atoms with Crippen LogP contribution in [-0.2, 0) is 17.9 Å². The summed E-state index contributed by atoms with van der Waals surface area (Å²) in [6.45, 7) is 3.01. The predicted molar refractivity (Wildman–Crippen MR) is 118 cm³/mol. The number of hydrogen-bond donors (Lipinski definition) is 1. The van der Waals surface area contributed by atoms with Crippen molar-refractivity contribution in [3.05, 3.63) is 58.7 Å². The van der Waals surface area contributed by atoms with Gasteiger partial charge in [0.25, 0.3) is 0 Å². The van der Waals surface area contributed by atoms with Crippen LogP contribution in [0.1, 0.15) is 11.8 Å². The third kappa shape index (κ3) is 4.24. The number of rotatable bonds is 6. The Hall–Kier alpha value is -3.10. The molecule has 2 aromatic carbocycles. The number of carbonyl (C=O) groups is 1. The molecule has 4 aromatic rings. The van der Waals surface area contributed by atoms with Gasteiger partial charge in [0.1, 0.15) is 12.4 Å². The third-order valence-electron chi connectivity index (χ3n) is 4.55. The zero-order valence-electron chi connectivity index (χ0n) is 16.4. The van der Waals surface area contributed by atoms with Crippen molar-refractivity contribution < 1.29 is 14.3 Å². The molecule has 1 amide bonds. The van der Waals surface area contributed by atoms with Gasteiger partial charge < -0.3 is 14.0 Å². The molecule has 0 aliphatic rings. The van der Waals surface area contributed by atoms with Gasteiger partial charge in [-0.1, -0.05) is 11.6 Å². The molecule has 0 saturated heterocycles. The fraction of sp³-hybridized carbons (Fsp3) is 0.190. The van der Waals surface area contributed by atoms with Crippen LogP contribution in [0.2, 0.25) is 5.02 Å². The van der Waals surface area contributed by atoms with E-state index in [1.54, 1.807) is 25.6 Å². The topological polar surface area (TPSA) is 78.3 Å². The number of halogens is 1. The first-order chi connectivity index (χ1) is 14.6. The summed E-state index contributed by atoms with van der Waals surface area (Å²) in [6.07, 6.45) is 1.24. The standard InChI is InChI=1S/C21H19ClN4O3S/c1-3-26-12-23-18-9-14(5-7-19(18)26)24-21(27)29-11-15-10-17(25-30-15)16-6-4-13(22)8-20(16)28-2/h4-10,12H,3,11H2,1-2H3,(H,24,27). The van der Waals surface area contributed by atoms with Crippen molar-refractivity contribution in [2.24, 2.45) is 0 Å². The molecule has 0 saturated carbocycles. The SMILES string of the molecule is CCn1cnc2cc(NC(=O)OCc3cc(-c4ccc(Cl)cc4OC)ns3)ccc21. The molecule has 0 spiro atoms. The minimum atomic E-state index is -0.539. The molecule has 9 heteroatoms. The molecule has 0 fully saturated rings. The molecule has 0 aliphatic heterocycles. The van der Waals surface area contributed by atoms with Crippen LogP contribution in [-0.4, -0.2) is 27.1 Å². The highest BCUT2D eigenvalue weighted by molar-refractivity contribution is 7.06. The number of ether oxygens (including phenoxy) is 2. The van der Waals surface area contributed by atoms with Crippen molar-refractivity contribution in [2.45, 2.75) is 20.1 Å². The van der Waals surface area contributed by atoms with E-state index in [0.29, 0.717) is 16.5 Å². The number of hydrogen-bond acceptors (Lipinski definition) is 6. The third-order valence-corrected chi connectivity index (χ3v) is 5.55. The zero-order chi connectivity index (χ0) is 21.1. The Balaban J connectivity index is 1.39. The van der Waals surface area contributed by atoms with Crippen LogP contribution in [0.4, 0.5) is 10.5 Å². The Bertz CT molecular complexity index is 1200. The van der Waals surface area contributed by atoms with E-state index in [1.165, 1.54) is 11.5 Å². The van der Waals surface area contributed by atoms with Crippen molar-refractivity contribution in [1.29, 1.82) is 0 Å². The second kappa shape index (κ2) is 8.73. The van der Waals surface area contributed by atoms with E-state index in [4.69, 9.17) is 21.1 Å². The molecule has 0 bridgehead atoms. The lowest BCUT2D eigenvalue weighted by Gasteiger charge is -2.07. The van der Waals surface area contributed by atoms with Gasteiger partial charge in [-0.25, -0.2) is 9.78 Å². The Morgan fingerprint density at radius 2 is 2.10 bits per heavy atom. The molecule has 7 nitrogen and oxygen atoms in total. The quantitative estimate of drug-likeness (QED) is 0.421. The number of aryl methyl sites for hydroxylation is 1. The van der Waals surface area contributed by atoms with Gasteiger partial charge in [0.05, 0.1) is 35.0 Å². The fourth-order valence-corrected chi connectivity index (χ4v) is 3.87. The second-order valence-corrected chi connectivity index (χ2v) is 7.78. The number of anilines is 1. The Morgan fingerprint density at radius 3 is 2.90 bits per heavy atom. The summed E-state index contributed by atoms with van der Waals surface area (Å²) >= 11 is 7.28. The van der Waals surface area contributed by atoms with E-state index in [0.717, 1.165) is 33.7 Å². The molecular formula is C21H19ClN4O3S. The normalized spacial score (nSPS) is 10.9. The molecule has 30 heavy (non-hydrogen) atoms. The maximum absolute atomic E-state index is 12.2. The molecule has 2 aromatic heterocycles. The van der Waals surface area contributed by atoms with Gasteiger partial charge in [0.15, 0.2) is 0 Å². The molecule has 0 unspecified atom stereocenters. The smallest absolute Gasteiger partial charge is 0.411 e. The van der Waals surface area contributed by atoms with Crippen molar-refractivity contribution in [2.75, 3.05) is 12.4 Å². The van der Waals surface area contributed by atoms with E-state index in [9.17, 15) is 4.79 Å². The maximum atomic E-state index is 12.2. The lowest BCUT2D eigenvalue weighted by atomic mass is 10.1. The van der Waals surface area contributed by atoms with Crippen molar-refractivity contribution >= 4 is 45.9 Å². The summed E-state index contributed by atoms with van der Waals surface area (Å²) in [4.78, 5) is 17.4. The van der Waals surface area contributed by atoms with Gasteiger partial charge in [-0.2, -0.15) is 4.37 Å². The number of aromatic nitrogens is 3. The largest absolute Gasteiger partial charge is 0.496 e. The number of fused-ring (bicyclic) bond motifs is 1. The summed E-state index contributed by atoms with van der Waals surface area (Å²) in [5.41, 5.74) is 4.03. The van der Waals surface area contributed by atoms with Gasteiger partial charge in [-0.3, -0.25) is 5.32 Å². The van der Waals surface area contributed by atoms with E-state index in [2.05, 4.69) is 21.6 Å². The van der Waals surface area contributed by atoms with E-state index in [1.807, 2.05) is 34.9 Å². The van der Waals surface area contributed by atoms with Crippen LogP contribution in [0, 0.1) is 0 Å². The number of carbonyl (C=O) groups excluding carboxylic acids is 1. The highest BCUT2D eigenvalue weighted by Gasteiger charge is 2.12. The molecule has 4 rings (SSSR count). The summed E-state index contributed by atoms with van der Waals surface area (Å²) in [7, 11) is 1.58. The molecule has 0 atom stereocenters. The maximum Gasteiger partial charge on any atom is 0.411 e. The van der Waals surface area contributed by atoms with Crippen LogP contribution in [0.15, 0.2) is 48.8 Å². The Labute approximate surface area is 182 Å². The number of imidazole rings is 1. The van der Waals surface area contributed by atoms with E-state index < -0.39 is 6.09 Å². The molecule has 0 aliphatic carbocycles. The lowest BCUT2D eigenvalue weighted by molar-refractivity contribution is 0.156. The van der Waals surface area contributed by atoms with Gasteiger partial charge in [-0.15, -0.1) is 0 Å². The predicted octanol–water partition coefficient (Wildman–Crippen LogP) is 5.59. The Kier molecular flexibility index (Phi) is 5.87. The first kappa shape index (κ1) is 20.2. The first-order valence-electron chi connectivity index (χ1n) is 9.25. The highest BCUT2D eigenvalue weighted by atomic mass is 35.5. The number of amides is 1. The Morgan fingerprint density at radius 1 is 1.23 bits per heavy atom. The summed E-state index contributed by atoms with van der Waals surface area (Å²) in [5, 5.41) is 3.32. The van der Waals surface area contributed by atoms with Crippen LogP contribution in [0.25, 0.3) is 22.3 Å². The second-order valence-electron chi connectivity index (χ2n) is 6.46. The van der Waals surface area contributed by atoms with E-state index >= 15 is 0 Å². The minimum absolute atomic E-state index is 0.117. The summed E-state index contributed by atoms with van der Waals surface area (Å²) in [5.74, 6) is 0.638. The monoisotopic (exact) mass is 442 g/mol.